The number of nitrogens with two attached hydrogens (primary N) is 1. The maximum absolute atomic E-state index is 5.96. The summed E-state index contributed by atoms with van der Waals surface area (Å²) in [5, 5.41) is 3.38. The number of hydrogen-bond acceptors (Lipinski definition) is 3. The molecule has 1 aromatic heterocycles. The first-order valence-corrected chi connectivity index (χ1v) is 6.68. The molecule has 0 aliphatic carbocycles. The minimum absolute atomic E-state index is 0.817. The maximum atomic E-state index is 5.96. The van der Waals surface area contributed by atoms with E-state index in [0.717, 1.165) is 24.3 Å². The van der Waals surface area contributed by atoms with E-state index in [1.165, 1.54) is 15.3 Å². The molecule has 0 aliphatic heterocycles. The van der Waals surface area contributed by atoms with Gasteiger partial charge in [0.25, 0.3) is 0 Å². The Morgan fingerprint density at radius 2 is 1.94 bits per heavy atom. The average molecular weight is 246 g/mol. The van der Waals surface area contributed by atoms with Crippen LogP contribution in [-0.4, -0.2) is 0 Å². The number of anilines is 2. The van der Waals surface area contributed by atoms with Crippen LogP contribution in [0.1, 0.15) is 22.2 Å². The highest BCUT2D eigenvalue weighted by molar-refractivity contribution is 7.12. The van der Waals surface area contributed by atoms with Crippen molar-refractivity contribution in [2.75, 3.05) is 11.1 Å². The van der Waals surface area contributed by atoms with Crippen LogP contribution in [-0.2, 0) is 13.0 Å². The molecule has 1 heterocycles. The molecule has 2 aromatic rings. The molecular weight excluding hydrogens is 228 g/mol. The molecule has 1 aromatic carbocycles. The highest BCUT2D eigenvalue weighted by Crippen LogP contribution is 2.22. The second-order valence-corrected chi connectivity index (χ2v) is 5.42. The monoisotopic (exact) mass is 246 g/mol. The van der Waals surface area contributed by atoms with Crippen molar-refractivity contribution < 1.29 is 0 Å². The van der Waals surface area contributed by atoms with Gasteiger partial charge in [-0.05, 0) is 43.2 Å². The number of rotatable bonds is 4. The van der Waals surface area contributed by atoms with Crippen LogP contribution in [0.2, 0.25) is 0 Å². The average Bonchev–Trinajstić information content (AvgIpc) is 2.76. The molecule has 2 rings (SSSR count). The lowest BCUT2D eigenvalue weighted by Gasteiger charge is -2.08. The third kappa shape index (κ3) is 3.01. The molecule has 0 saturated carbocycles. The third-order valence-corrected chi connectivity index (χ3v) is 3.96. The molecule has 0 unspecified atom stereocenters. The Labute approximate surface area is 106 Å². The third-order valence-electron chi connectivity index (χ3n) is 2.73. The van der Waals surface area contributed by atoms with Crippen molar-refractivity contribution in [2.45, 2.75) is 26.8 Å². The van der Waals surface area contributed by atoms with Gasteiger partial charge in [0.1, 0.15) is 0 Å². The van der Waals surface area contributed by atoms with Crippen LogP contribution >= 0.6 is 11.3 Å². The molecule has 0 amide bonds. The zero-order valence-electron chi connectivity index (χ0n) is 10.3. The molecule has 3 heteroatoms. The molecule has 0 aliphatic rings. The molecule has 0 atom stereocenters. The first kappa shape index (κ1) is 12.0. The summed E-state index contributed by atoms with van der Waals surface area (Å²) in [4.78, 5) is 2.78. The minimum atomic E-state index is 0.817. The van der Waals surface area contributed by atoms with Gasteiger partial charge < -0.3 is 11.1 Å². The standard InChI is InChI=1S/C14H18N2S/c1-3-11-5-6-12(17-11)9-16-14-7-4-10(2)8-13(14)15/h4-8,16H,3,9,15H2,1-2H3. The summed E-state index contributed by atoms with van der Waals surface area (Å²) in [7, 11) is 0. The zero-order chi connectivity index (χ0) is 12.3. The second-order valence-electron chi connectivity index (χ2n) is 4.17. The summed E-state index contributed by atoms with van der Waals surface area (Å²) in [6, 6.07) is 10.5. The van der Waals surface area contributed by atoms with Gasteiger partial charge in [-0.2, -0.15) is 0 Å². The zero-order valence-corrected chi connectivity index (χ0v) is 11.1. The Bertz CT molecular complexity index is 503. The van der Waals surface area contributed by atoms with Crippen LogP contribution in [0.3, 0.4) is 0 Å². The van der Waals surface area contributed by atoms with E-state index in [1.54, 1.807) is 0 Å². The molecule has 0 saturated heterocycles. The second kappa shape index (κ2) is 5.23. The number of nitrogens with one attached hydrogen (secondary N) is 1. The summed E-state index contributed by atoms with van der Waals surface area (Å²) in [6.07, 6.45) is 1.11. The van der Waals surface area contributed by atoms with Gasteiger partial charge in [0, 0.05) is 16.3 Å². The van der Waals surface area contributed by atoms with E-state index in [9.17, 15) is 0 Å². The van der Waals surface area contributed by atoms with Crippen LogP contribution in [0.4, 0.5) is 11.4 Å². The van der Waals surface area contributed by atoms with Gasteiger partial charge in [-0.25, -0.2) is 0 Å². The summed E-state index contributed by atoms with van der Waals surface area (Å²) >= 11 is 1.86. The molecule has 0 radical (unpaired) electrons. The predicted molar refractivity (Wildman–Crippen MR) is 76.6 cm³/mol. The van der Waals surface area contributed by atoms with Crippen molar-refractivity contribution in [2.24, 2.45) is 0 Å². The van der Waals surface area contributed by atoms with E-state index in [4.69, 9.17) is 5.73 Å². The molecule has 0 fully saturated rings. The van der Waals surface area contributed by atoms with Crippen LogP contribution in [0, 0.1) is 6.92 Å². The van der Waals surface area contributed by atoms with E-state index < -0.39 is 0 Å². The van der Waals surface area contributed by atoms with E-state index in [2.05, 4.69) is 30.4 Å². The number of aryl methyl sites for hydroxylation is 2. The van der Waals surface area contributed by atoms with Gasteiger partial charge >= 0.3 is 0 Å². The molecule has 90 valence electrons. The van der Waals surface area contributed by atoms with E-state index in [-0.39, 0.29) is 0 Å². The number of nitrogen functional groups attached to an aromatic ring is 1. The van der Waals surface area contributed by atoms with Crippen LogP contribution in [0.5, 0.6) is 0 Å². The highest BCUT2D eigenvalue weighted by atomic mass is 32.1. The maximum Gasteiger partial charge on any atom is 0.0577 e. The Kier molecular flexibility index (Phi) is 3.69. The Balaban J connectivity index is 2.02. The lowest BCUT2D eigenvalue weighted by molar-refractivity contribution is 1.19. The van der Waals surface area contributed by atoms with Crippen molar-refractivity contribution >= 4 is 22.7 Å². The number of benzene rings is 1. The van der Waals surface area contributed by atoms with Crippen molar-refractivity contribution in [1.82, 2.24) is 0 Å². The highest BCUT2D eigenvalue weighted by Gasteiger charge is 2.01. The van der Waals surface area contributed by atoms with Crippen molar-refractivity contribution in [1.29, 1.82) is 0 Å². The van der Waals surface area contributed by atoms with Gasteiger partial charge in [-0.15, -0.1) is 11.3 Å². The van der Waals surface area contributed by atoms with Crippen molar-refractivity contribution in [3.8, 4) is 0 Å². The Morgan fingerprint density at radius 3 is 2.59 bits per heavy atom. The van der Waals surface area contributed by atoms with Gasteiger partial charge in [-0.3, -0.25) is 0 Å². The predicted octanol–water partition coefficient (Wildman–Crippen LogP) is 3.81. The quantitative estimate of drug-likeness (QED) is 0.805. The largest absolute Gasteiger partial charge is 0.397 e. The first-order valence-electron chi connectivity index (χ1n) is 5.86. The summed E-state index contributed by atoms with van der Waals surface area (Å²) < 4.78 is 0. The van der Waals surface area contributed by atoms with Gasteiger partial charge in [0.05, 0.1) is 11.4 Å². The van der Waals surface area contributed by atoms with Crippen LogP contribution < -0.4 is 11.1 Å². The summed E-state index contributed by atoms with van der Waals surface area (Å²) in [6.45, 7) is 5.08. The first-order chi connectivity index (χ1) is 8.19. The Morgan fingerprint density at radius 1 is 1.18 bits per heavy atom. The molecule has 2 nitrogen and oxygen atoms in total. The van der Waals surface area contributed by atoms with Crippen LogP contribution in [0.15, 0.2) is 30.3 Å². The van der Waals surface area contributed by atoms with Crippen LogP contribution in [0.25, 0.3) is 0 Å². The molecule has 0 bridgehead atoms. The molecule has 3 N–H and O–H groups in total. The number of thiophene rings is 1. The molecular formula is C14H18N2S. The summed E-state index contributed by atoms with van der Waals surface area (Å²) in [5.41, 5.74) is 8.98. The van der Waals surface area contributed by atoms with Crippen molar-refractivity contribution in [3.05, 3.63) is 45.6 Å². The lowest BCUT2D eigenvalue weighted by atomic mass is 10.2. The Hall–Kier alpha value is -1.48. The van der Waals surface area contributed by atoms with Gasteiger partial charge in [0.15, 0.2) is 0 Å². The molecule has 17 heavy (non-hydrogen) atoms. The van der Waals surface area contributed by atoms with Gasteiger partial charge in [-0.1, -0.05) is 13.0 Å². The normalized spacial score (nSPS) is 10.5. The topological polar surface area (TPSA) is 38.0 Å². The lowest BCUT2D eigenvalue weighted by Crippen LogP contribution is -2.01. The number of hydrogen-bond donors (Lipinski definition) is 2. The SMILES string of the molecule is CCc1ccc(CNc2ccc(C)cc2N)s1. The smallest absolute Gasteiger partial charge is 0.0577 e. The minimum Gasteiger partial charge on any atom is -0.397 e. The molecule has 0 spiro atoms. The van der Waals surface area contributed by atoms with E-state index in [1.807, 2.05) is 30.4 Å². The fraction of sp³-hybridized carbons (Fsp3) is 0.286. The summed E-state index contributed by atoms with van der Waals surface area (Å²) in [5.74, 6) is 0. The fourth-order valence-corrected chi connectivity index (χ4v) is 2.63. The van der Waals surface area contributed by atoms with E-state index >= 15 is 0 Å². The van der Waals surface area contributed by atoms with Gasteiger partial charge in [0.2, 0.25) is 0 Å². The van der Waals surface area contributed by atoms with Crippen molar-refractivity contribution in [3.63, 3.8) is 0 Å². The fourth-order valence-electron chi connectivity index (χ4n) is 1.73. The van der Waals surface area contributed by atoms with E-state index in [0.29, 0.717) is 0 Å².